The van der Waals surface area contributed by atoms with E-state index in [1.807, 2.05) is 45.0 Å². The first-order valence-corrected chi connectivity index (χ1v) is 9.59. The zero-order chi connectivity index (χ0) is 19.7. The SMILES string of the molecule is CC(C)(C)NC(=O)c1cccc(CN=C(N)NCCCN2CCOCC2)c1. The summed E-state index contributed by atoms with van der Waals surface area (Å²) in [6.07, 6.45) is 1.01. The maximum Gasteiger partial charge on any atom is 0.251 e. The Morgan fingerprint density at radius 3 is 2.74 bits per heavy atom. The summed E-state index contributed by atoms with van der Waals surface area (Å²) in [5.41, 5.74) is 7.27. The molecule has 1 aliphatic rings. The van der Waals surface area contributed by atoms with E-state index in [4.69, 9.17) is 10.5 Å². The first kappa shape index (κ1) is 21.2. The van der Waals surface area contributed by atoms with Crippen molar-refractivity contribution in [3.05, 3.63) is 35.4 Å². The molecule has 4 N–H and O–H groups in total. The Balaban J connectivity index is 1.75. The predicted molar refractivity (Wildman–Crippen MR) is 109 cm³/mol. The summed E-state index contributed by atoms with van der Waals surface area (Å²) in [7, 11) is 0. The lowest BCUT2D eigenvalue weighted by Gasteiger charge is -2.26. The van der Waals surface area contributed by atoms with Gasteiger partial charge in [0.1, 0.15) is 0 Å². The van der Waals surface area contributed by atoms with Gasteiger partial charge in [-0.05, 0) is 51.4 Å². The highest BCUT2D eigenvalue weighted by atomic mass is 16.5. The standard InChI is InChI=1S/C20H33N5O2/c1-20(2,3)24-18(26)17-7-4-6-16(14-17)15-23-19(21)22-8-5-9-25-10-12-27-13-11-25/h4,6-7,14H,5,8-13,15H2,1-3H3,(H,24,26)(H3,21,22,23). The fourth-order valence-corrected chi connectivity index (χ4v) is 2.80. The molecule has 2 rings (SSSR count). The summed E-state index contributed by atoms with van der Waals surface area (Å²) < 4.78 is 5.34. The van der Waals surface area contributed by atoms with Crippen molar-refractivity contribution >= 4 is 11.9 Å². The lowest BCUT2D eigenvalue weighted by molar-refractivity contribution is 0.0376. The molecule has 0 atom stereocenters. The van der Waals surface area contributed by atoms with Gasteiger partial charge in [-0.2, -0.15) is 0 Å². The molecular formula is C20H33N5O2. The molecule has 150 valence electrons. The average Bonchev–Trinajstić information content (AvgIpc) is 2.63. The van der Waals surface area contributed by atoms with Crippen molar-refractivity contribution in [2.45, 2.75) is 39.3 Å². The first-order valence-electron chi connectivity index (χ1n) is 9.59. The second-order valence-corrected chi connectivity index (χ2v) is 7.84. The molecule has 0 radical (unpaired) electrons. The Hall–Kier alpha value is -2.12. The number of morpholine rings is 1. The second kappa shape index (κ2) is 10.3. The Kier molecular flexibility index (Phi) is 8.06. The van der Waals surface area contributed by atoms with Crippen molar-refractivity contribution in [1.82, 2.24) is 15.5 Å². The quantitative estimate of drug-likeness (QED) is 0.380. The fraction of sp³-hybridized carbons (Fsp3) is 0.600. The van der Waals surface area contributed by atoms with Gasteiger partial charge in [-0.15, -0.1) is 0 Å². The minimum Gasteiger partial charge on any atom is -0.379 e. The number of hydrogen-bond donors (Lipinski definition) is 3. The normalized spacial score (nSPS) is 16.2. The number of carbonyl (C=O) groups excluding carboxylic acids is 1. The van der Waals surface area contributed by atoms with Gasteiger partial charge in [0, 0.05) is 30.7 Å². The van der Waals surface area contributed by atoms with Crippen molar-refractivity contribution in [3.8, 4) is 0 Å². The van der Waals surface area contributed by atoms with E-state index in [0.29, 0.717) is 18.1 Å². The maximum absolute atomic E-state index is 12.3. The molecule has 7 nitrogen and oxygen atoms in total. The topological polar surface area (TPSA) is 92.0 Å². The molecule has 1 aliphatic heterocycles. The van der Waals surface area contributed by atoms with Gasteiger partial charge in [0.05, 0.1) is 19.8 Å². The molecule has 0 saturated carbocycles. The monoisotopic (exact) mass is 375 g/mol. The lowest BCUT2D eigenvalue weighted by Crippen LogP contribution is -2.40. The van der Waals surface area contributed by atoms with Gasteiger partial charge in [-0.3, -0.25) is 9.69 Å². The van der Waals surface area contributed by atoms with Gasteiger partial charge in [0.2, 0.25) is 0 Å². The molecule has 1 fully saturated rings. The molecule has 0 aromatic heterocycles. The van der Waals surface area contributed by atoms with Crippen LogP contribution in [0.4, 0.5) is 0 Å². The van der Waals surface area contributed by atoms with E-state index < -0.39 is 0 Å². The summed E-state index contributed by atoms with van der Waals surface area (Å²) in [5, 5.41) is 6.12. The molecule has 0 bridgehead atoms. The summed E-state index contributed by atoms with van der Waals surface area (Å²) in [6, 6.07) is 7.48. The Morgan fingerprint density at radius 1 is 1.30 bits per heavy atom. The van der Waals surface area contributed by atoms with Gasteiger partial charge in [-0.25, -0.2) is 4.99 Å². The number of amides is 1. The molecule has 1 amide bonds. The molecule has 1 aromatic carbocycles. The smallest absolute Gasteiger partial charge is 0.251 e. The highest BCUT2D eigenvalue weighted by Gasteiger charge is 2.15. The molecule has 1 heterocycles. The number of nitrogens with one attached hydrogen (secondary N) is 2. The average molecular weight is 376 g/mol. The third kappa shape index (κ3) is 8.41. The zero-order valence-corrected chi connectivity index (χ0v) is 16.8. The van der Waals surface area contributed by atoms with E-state index in [-0.39, 0.29) is 11.4 Å². The number of nitrogens with two attached hydrogens (primary N) is 1. The molecule has 1 aromatic rings. The van der Waals surface area contributed by atoms with Gasteiger partial charge in [0.15, 0.2) is 5.96 Å². The minimum absolute atomic E-state index is 0.0810. The number of ether oxygens (including phenoxy) is 1. The van der Waals surface area contributed by atoms with Crippen LogP contribution in [0.2, 0.25) is 0 Å². The van der Waals surface area contributed by atoms with Gasteiger partial charge in [0.25, 0.3) is 5.91 Å². The van der Waals surface area contributed by atoms with E-state index in [1.54, 1.807) is 0 Å². The molecule has 0 spiro atoms. The lowest BCUT2D eigenvalue weighted by atomic mass is 10.1. The van der Waals surface area contributed by atoms with Crippen LogP contribution < -0.4 is 16.4 Å². The fourth-order valence-electron chi connectivity index (χ4n) is 2.80. The highest BCUT2D eigenvalue weighted by Crippen LogP contribution is 2.09. The number of hydrogen-bond acceptors (Lipinski definition) is 4. The third-order valence-electron chi connectivity index (χ3n) is 4.17. The van der Waals surface area contributed by atoms with Crippen LogP contribution in [0.3, 0.4) is 0 Å². The second-order valence-electron chi connectivity index (χ2n) is 7.84. The van der Waals surface area contributed by atoms with Gasteiger partial charge >= 0.3 is 0 Å². The Morgan fingerprint density at radius 2 is 2.04 bits per heavy atom. The van der Waals surface area contributed by atoms with Gasteiger partial charge in [-0.1, -0.05) is 12.1 Å². The van der Waals surface area contributed by atoms with E-state index in [2.05, 4.69) is 20.5 Å². The molecule has 7 heteroatoms. The molecule has 1 saturated heterocycles. The number of carbonyl (C=O) groups is 1. The number of benzene rings is 1. The third-order valence-corrected chi connectivity index (χ3v) is 4.17. The number of rotatable bonds is 7. The largest absolute Gasteiger partial charge is 0.379 e. The van der Waals surface area contributed by atoms with Crippen molar-refractivity contribution in [1.29, 1.82) is 0 Å². The number of nitrogens with zero attached hydrogens (tertiary/aromatic N) is 2. The van der Waals surface area contributed by atoms with Crippen LogP contribution in [-0.4, -0.2) is 61.7 Å². The van der Waals surface area contributed by atoms with Crippen LogP contribution in [0.25, 0.3) is 0 Å². The minimum atomic E-state index is -0.263. The van der Waals surface area contributed by atoms with Crippen LogP contribution in [0.15, 0.2) is 29.3 Å². The van der Waals surface area contributed by atoms with Crippen LogP contribution in [0, 0.1) is 0 Å². The maximum atomic E-state index is 12.3. The van der Waals surface area contributed by atoms with E-state index in [1.165, 1.54) is 0 Å². The van der Waals surface area contributed by atoms with Crippen molar-refractivity contribution in [3.63, 3.8) is 0 Å². The zero-order valence-electron chi connectivity index (χ0n) is 16.8. The van der Waals surface area contributed by atoms with Crippen molar-refractivity contribution < 1.29 is 9.53 Å². The summed E-state index contributed by atoms with van der Waals surface area (Å²) >= 11 is 0. The Bertz CT molecular complexity index is 634. The Labute approximate surface area is 162 Å². The van der Waals surface area contributed by atoms with E-state index in [9.17, 15) is 4.79 Å². The highest BCUT2D eigenvalue weighted by molar-refractivity contribution is 5.94. The van der Waals surface area contributed by atoms with Crippen molar-refractivity contribution in [2.75, 3.05) is 39.4 Å². The van der Waals surface area contributed by atoms with Crippen LogP contribution >= 0.6 is 0 Å². The summed E-state index contributed by atoms with van der Waals surface area (Å²) in [4.78, 5) is 19.0. The molecule has 0 aliphatic carbocycles. The summed E-state index contributed by atoms with van der Waals surface area (Å²) in [6.45, 7) is 11.8. The molecular weight excluding hydrogens is 342 g/mol. The first-order chi connectivity index (χ1) is 12.8. The van der Waals surface area contributed by atoms with Crippen LogP contribution in [0.5, 0.6) is 0 Å². The number of guanidine groups is 1. The molecule has 27 heavy (non-hydrogen) atoms. The van der Waals surface area contributed by atoms with Crippen LogP contribution in [-0.2, 0) is 11.3 Å². The predicted octanol–water partition coefficient (Wildman–Crippen LogP) is 1.34. The number of aliphatic imine (C=N–C) groups is 1. The molecule has 0 unspecified atom stereocenters. The summed E-state index contributed by atoms with van der Waals surface area (Å²) in [5.74, 6) is 0.351. The van der Waals surface area contributed by atoms with Gasteiger partial charge < -0.3 is 21.1 Å². The van der Waals surface area contributed by atoms with E-state index >= 15 is 0 Å². The van der Waals surface area contributed by atoms with Crippen LogP contribution in [0.1, 0.15) is 43.1 Å². The van der Waals surface area contributed by atoms with Crippen molar-refractivity contribution in [2.24, 2.45) is 10.7 Å². The van der Waals surface area contributed by atoms with E-state index in [0.717, 1.165) is 51.4 Å².